The average Bonchev–Trinajstić information content (AvgIpc) is 2.45. The molecule has 1 aromatic rings. The Balaban J connectivity index is 2.56. The van der Waals surface area contributed by atoms with Gasteiger partial charge in [0.05, 0.1) is 9.35 Å². The van der Waals surface area contributed by atoms with Crippen molar-refractivity contribution in [1.29, 1.82) is 0 Å². The van der Waals surface area contributed by atoms with E-state index in [1.165, 1.54) is 0 Å². The molecule has 0 radical (unpaired) electrons. The molecule has 14 heavy (non-hydrogen) atoms. The Hall–Kier alpha value is -0.390. The van der Waals surface area contributed by atoms with E-state index in [-0.39, 0.29) is 5.91 Å². The lowest BCUT2D eigenvalue weighted by molar-refractivity contribution is 0.0954. The second-order valence-electron chi connectivity index (χ2n) is 2.90. The number of amides is 1. The predicted octanol–water partition coefficient (Wildman–Crippen LogP) is 1.77. The molecule has 5 heteroatoms. The number of hydrogen-bond acceptors (Lipinski definition) is 3. The summed E-state index contributed by atoms with van der Waals surface area (Å²) in [6, 6.07) is 1.89. The zero-order chi connectivity index (χ0) is 10.6. The van der Waals surface area contributed by atoms with Crippen molar-refractivity contribution >= 4 is 33.2 Å². The summed E-state index contributed by atoms with van der Waals surface area (Å²) < 4.78 is 0.900. The Labute approximate surface area is 96.0 Å². The highest BCUT2D eigenvalue weighted by atomic mass is 79.9. The molecule has 1 amide bonds. The molecule has 3 nitrogen and oxygen atoms in total. The molecule has 1 aromatic heterocycles. The molecule has 0 fully saturated rings. The van der Waals surface area contributed by atoms with E-state index in [9.17, 15) is 4.79 Å². The molecule has 0 saturated carbocycles. The van der Waals surface area contributed by atoms with Crippen molar-refractivity contribution in [2.75, 3.05) is 20.1 Å². The van der Waals surface area contributed by atoms with Gasteiger partial charge < -0.3 is 10.6 Å². The fourth-order valence-corrected chi connectivity index (χ4v) is 2.82. The van der Waals surface area contributed by atoms with Crippen LogP contribution >= 0.6 is 27.3 Å². The largest absolute Gasteiger partial charge is 0.351 e. The minimum atomic E-state index is -0.0172. The molecular formula is C9H13BrN2OS. The molecule has 1 rings (SSSR count). The van der Waals surface area contributed by atoms with Crippen molar-refractivity contribution < 1.29 is 4.79 Å². The van der Waals surface area contributed by atoms with Crippen LogP contribution in [0.1, 0.15) is 15.2 Å². The minimum absolute atomic E-state index is 0.0172. The Morgan fingerprint density at radius 3 is 2.79 bits per heavy atom. The Morgan fingerprint density at radius 1 is 1.57 bits per heavy atom. The first-order valence-corrected chi connectivity index (χ1v) is 5.95. The second kappa shape index (κ2) is 5.48. The van der Waals surface area contributed by atoms with E-state index in [0.29, 0.717) is 6.54 Å². The van der Waals surface area contributed by atoms with E-state index in [0.717, 1.165) is 20.8 Å². The van der Waals surface area contributed by atoms with Crippen LogP contribution in [0.15, 0.2) is 9.85 Å². The molecule has 0 spiro atoms. The first kappa shape index (κ1) is 11.7. The number of carbonyl (C=O) groups is 1. The summed E-state index contributed by atoms with van der Waals surface area (Å²) in [5, 5.41) is 5.80. The van der Waals surface area contributed by atoms with Gasteiger partial charge in [-0.15, -0.1) is 11.3 Å². The quantitative estimate of drug-likeness (QED) is 0.823. The van der Waals surface area contributed by atoms with E-state index in [4.69, 9.17) is 0 Å². The lowest BCUT2D eigenvalue weighted by Gasteiger charge is -2.02. The first-order valence-electron chi connectivity index (χ1n) is 4.34. The summed E-state index contributed by atoms with van der Waals surface area (Å²) >= 11 is 4.95. The molecule has 0 unspecified atom stereocenters. The van der Waals surface area contributed by atoms with Crippen LogP contribution in [-0.2, 0) is 0 Å². The van der Waals surface area contributed by atoms with Crippen molar-refractivity contribution in [3.63, 3.8) is 0 Å². The van der Waals surface area contributed by atoms with E-state index < -0.39 is 0 Å². The van der Waals surface area contributed by atoms with Crippen LogP contribution in [0.25, 0.3) is 0 Å². The van der Waals surface area contributed by atoms with Crippen molar-refractivity contribution in [3.05, 3.63) is 20.3 Å². The number of thiophene rings is 1. The zero-order valence-corrected chi connectivity index (χ0v) is 10.6. The van der Waals surface area contributed by atoms with Gasteiger partial charge in [-0.1, -0.05) is 0 Å². The molecule has 2 N–H and O–H groups in total. The smallest absolute Gasteiger partial charge is 0.253 e. The SMILES string of the molecule is CNCCNC(=O)c1cc(C)sc1Br. The Bertz CT molecular complexity index is 325. The first-order chi connectivity index (χ1) is 6.65. The van der Waals surface area contributed by atoms with Crippen LogP contribution in [0.2, 0.25) is 0 Å². The van der Waals surface area contributed by atoms with E-state index in [1.54, 1.807) is 11.3 Å². The minimum Gasteiger partial charge on any atom is -0.351 e. The number of likely N-dealkylation sites (N-methyl/N-ethyl adjacent to an activating group) is 1. The molecule has 0 aliphatic carbocycles. The predicted molar refractivity (Wildman–Crippen MR) is 63.0 cm³/mol. The third-order valence-electron chi connectivity index (χ3n) is 1.72. The maximum atomic E-state index is 11.6. The number of rotatable bonds is 4. The highest BCUT2D eigenvalue weighted by Crippen LogP contribution is 2.27. The molecule has 0 aliphatic rings. The second-order valence-corrected chi connectivity index (χ2v) is 5.48. The van der Waals surface area contributed by atoms with Crippen molar-refractivity contribution in [1.82, 2.24) is 10.6 Å². The third-order valence-corrected chi connectivity index (χ3v) is 3.47. The maximum Gasteiger partial charge on any atom is 0.253 e. The monoisotopic (exact) mass is 276 g/mol. The van der Waals surface area contributed by atoms with Gasteiger partial charge in [0.2, 0.25) is 0 Å². The van der Waals surface area contributed by atoms with Crippen molar-refractivity contribution in [3.8, 4) is 0 Å². The normalized spacial score (nSPS) is 10.2. The number of carbonyl (C=O) groups excluding carboxylic acids is 1. The Morgan fingerprint density at radius 2 is 2.29 bits per heavy atom. The van der Waals surface area contributed by atoms with E-state index in [2.05, 4.69) is 26.6 Å². The zero-order valence-electron chi connectivity index (χ0n) is 8.19. The molecular weight excluding hydrogens is 264 g/mol. The molecule has 0 aromatic carbocycles. The number of halogens is 1. The molecule has 1 heterocycles. The molecule has 0 saturated heterocycles. The number of aryl methyl sites for hydroxylation is 1. The number of hydrogen-bond donors (Lipinski definition) is 2. The fraction of sp³-hybridized carbons (Fsp3) is 0.444. The summed E-state index contributed by atoms with van der Waals surface area (Å²) in [6.45, 7) is 3.42. The van der Waals surface area contributed by atoms with Crippen LogP contribution in [0.5, 0.6) is 0 Å². The Kier molecular flexibility index (Phi) is 4.57. The summed E-state index contributed by atoms with van der Waals surface area (Å²) in [7, 11) is 1.86. The van der Waals surface area contributed by atoms with Crippen LogP contribution < -0.4 is 10.6 Å². The van der Waals surface area contributed by atoms with Gasteiger partial charge in [0.25, 0.3) is 5.91 Å². The third kappa shape index (κ3) is 3.08. The highest BCUT2D eigenvalue weighted by molar-refractivity contribution is 9.11. The average molecular weight is 277 g/mol. The molecule has 0 atom stereocenters. The van der Waals surface area contributed by atoms with Gasteiger partial charge in [-0.05, 0) is 36.0 Å². The van der Waals surface area contributed by atoms with Gasteiger partial charge in [-0.25, -0.2) is 0 Å². The standard InChI is InChI=1S/C9H13BrN2OS/c1-6-5-7(8(10)14-6)9(13)12-4-3-11-2/h5,11H,3-4H2,1-2H3,(H,12,13). The summed E-state index contributed by atoms with van der Waals surface area (Å²) in [5.74, 6) is -0.0172. The van der Waals surface area contributed by atoms with E-state index >= 15 is 0 Å². The van der Waals surface area contributed by atoms with Crippen molar-refractivity contribution in [2.45, 2.75) is 6.92 Å². The van der Waals surface area contributed by atoms with Crippen LogP contribution in [0.4, 0.5) is 0 Å². The van der Waals surface area contributed by atoms with E-state index in [1.807, 2.05) is 20.0 Å². The van der Waals surface area contributed by atoms with Crippen molar-refractivity contribution in [2.24, 2.45) is 0 Å². The van der Waals surface area contributed by atoms with Gasteiger partial charge in [0.1, 0.15) is 0 Å². The van der Waals surface area contributed by atoms with Gasteiger partial charge in [-0.3, -0.25) is 4.79 Å². The molecule has 78 valence electrons. The van der Waals surface area contributed by atoms with Crippen LogP contribution in [0.3, 0.4) is 0 Å². The van der Waals surface area contributed by atoms with Gasteiger partial charge >= 0.3 is 0 Å². The lowest BCUT2D eigenvalue weighted by Crippen LogP contribution is -2.30. The lowest BCUT2D eigenvalue weighted by atomic mass is 10.3. The van der Waals surface area contributed by atoms with Gasteiger partial charge in [0, 0.05) is 18.0 Å². The van der Waals surface area contributed by atoms with Crippen LogP contribution in [0, 0.1) is 6.92 Å². The maximum absolute atomic E-state index is 11.6. The molecule has 0 aliphatic heterocycles. The number of nitrogens with one attached hydrogen (secondary N) is 2. The summed E-state index contributed by atoms with van der Waals surface area (Å²) in [4.78, 5) is 12.7. The van der Waals surface area contributed by atoms with Gasteiger partial charge in [-0.2, -0.15) is 0 Å². The molecule has 0 bridgehead atoms. The topological polar surface area (TPSA) is 41.1 Å². The highest BCUT2D eigenvalue weighted by Gasteiger charge is 2.11. The van der Waals surface area contributed by atoms with Crippen LogP contribution in [-0.4, -0.2) is 26.0 Å². The van der Waals surface area contributed by atoms with Gasteiger partial charge in [0.15, 0.2) is 0 Å². The summed E-state index contributed by atoms with van der Waals surface area (Å²) in [6.07, 6.45) is 0. The summed E-state index contributed by atoms with van der Waals surface area (Å²) in [5.41, 5.74) is 0.726. The fourth-order valence-electron chi connectivity index (χ4n) is 1.04.